The number of carbonyl (C=O) groups excluding carboxylic acids is 2. The third-order valence-corrected chi connectivity index (χ3v) is 6.21. The summed E-state index contributed by atoms with van der Waals surface area (Å²) >= 11 is 7.04. The third kappa shape index (κ3) is 3.41. The molecule has 2 amide bonds. The number of amides is 2. The fraction of sp³-hybridized carbons (Fsp3) is 0.364. The number of anilines is 2. The molecule has 2 aromatic rings. The lowest BCUT2D eigenvalue weighted by molar-refractivity contribution is -0.140. The highest BCUT2D eigenvalue weighted by molar-refractivity contribution is 9.10. The van der Waals surface area contributed by atoms with Gasteiger partial charge in [0.15, 0.2) is 0 Å². The molecule has 1 saturated heterocycles. The normalized spacial score (nSPS) is 16.7. The summed E-state index contributed by atoms with van der Waals surface area (Å²) in [4.78, 5) is 30.1. The Morgan fingerprint density at radius 2 is 1.00 bits per heavy atom. The molecule has 0 radical (unpaired) electrons. The van der Waals surface area contributed by atoms with Gasteiger partial charge in [-0.15, -0.1) is 0 Å². The lowest BCUT2D eigenvalue weighted by Gasteiger charge is -2.44. The molecule has 148 valence electrons. The highest BCUT2D eigenvalue weighted by Crippen LogP contribution is 2.39. The van der Waals surface area contributed by atoms with Crippen molar-refractivity contribution in [2.24, 2.45) is 5.41 Å². The van der Waals surface area contributed by atoms with Crippen LogP contribution in [0.1, 0.15) is 36.1 Å². The largest absolute Gasteiger partial charge is 0.292 e. The second-order valence-electron chi connectivity index (χ2n) is 8.01. The topological polar surface area (TPSA) is 40.6 Å². The standard InChI is InChI=1S/C22H24Br2N2O2/c1-12-7-16(23)8-13(2)18(12)25-11-26(21(28)22(5,6)20(25)27)19-14(3)9-17(24)10-15(19)4/h7-10H,11H2,1-6H3. The predicted molar refractivity (Wildman–Crippen MR) is 121 cm³/mol. The highest BCUT2D eigenvalue weighted by Gasteiger charge is 2.48. The summed E-state index contributed by atoms with van der Waals surface area (Å²) in [6.07, 6.45) is 0. The predicted octanol–water partition coefficient (Wildman–Crippen LogP) is 5.81. The molecule has 0 atom stereocenters. The first-order valence-electron chi connectivity index (χ1n) is 9.12. The minimum atomic E-state index is -1.14. The molecule has 4 nitrogen and oxygen atoms in total. The average molecular weight is 508 g/mol. The molecular formula is C22H24Br2N2O2. The molecule has 6 heteroatoms. The smallest absolute Gasteiger partial charge is 0.243 e. The molecule has 3 rings (SSSR count). The Hall–Kier alpha value is -1.66. The van der Waals surface area contributed by atoms with Crippen molar-refractivity contribution in [3.8, 4) is 0 Å². The SMILES string of the molecule is Cc1cc(Br)cc(C)c1N1CN(c2c(C)cc(Br)cc2C)C(=O)C(C)(C)C1=O. The Morgan fingerprint density at radius 1 is 0.714 bits per heavy atom. The van der Waals surface area contributed by atoms with Crippen molar-refractivity contribution in [3.63, 3.8) is 0 Å². The van der Waals surface area contributed by atoms with Gasteiger partial charge >= 0.3 is 0 Å². The van der Waals surface area contributed by atoms with Crippen LogP contribution in [-0.2, 0) is 9.59 Å². The second kappa shape index (κ2) is 7.30. The maximum absolute atomic E-state index is 13.3. The molecule has 0 saturated carbocycles. The van der Waals surface area contributed by atoms with Gasteiger partial charge in [-0.3, -0.25) is 19.4 Å². The highest BCUT2D eigenvalue weighted by atomic mass is 79.9. The van der Waals surface area contributed by atoms with E-state index in [0.29, 0.717) is 0 Å². The number of nitrogens with zero attached hydrogens (tertiary/aromatic N) is 2. The lowest BCUT2D eigenvalue weighted by atomic mass is 9.86. The van der Waals surface area contributed by atoms with E-state index in [4.69, 9.17) is 0 Å². The van der Waals surface area contributed by atoms with Crippen LogP contribution in [0.2, 0.25) is 0 Å². The zero-order chi connectivity index (χ0) is 21.0. The molecule has 0 spiro atoms. The van der Waals surface area contributed by atoms with Crippen LogP contribution in [-0.4, -0.2) is 18.5 Å². The van der Waals surface area contributed by atoms with Gasteiger partial charge in [-0.25, -0.2) is 0 Å². The first kappa shape index (κ1) is 21.1. The summed E-state index contributed by atoms with van der Waals surface area (Å²) in [5.41, 5.74) is 4.57. The Bertz CT molecular complexity index is 875. The number of aryl methyl sites for hydroxylation is 4. The number of rotatable bonds is 2. The summed E-state index contributed by atoms with van der Waals surface area (Å²) in [5.74, 6) is -0.343. The monoisotopic (exact) mass is 506 g/mol. The van der Waals surface area contributed by atoms with E-state index < -0.39 is 5.41 Å². The number of halogens is 2. The fourth-order valence-electron chi connectivity index (χ4n) is 4.04. The van der Waals surface area contributed by atoms with Crippen molar-refractivity contribution >= 4 is 55.0 Å². The molecular weight excluding hydrogens is 484 g/mol. The molecule has 2 aromatic carbocycles. The Kier molecular flexibility index (Phi) is 5.49. The first-order valence-corrected chi connectivity index (χ1v) is 10.7. The van der Waals surface area contributed by atoms with E-state index in [0.717, 1.165) is 42.6 Å². The van der Waals surface area contributed by atoms with Crippen LogP contribution in [0.5, 0.6) is 0 Å². The number of carbonyl (C=O) groups is 2. The van der Waals surface area contributed by atoms with Gasteiger partial charge in [0.05, 0.1) is 11.4 Å². The number of benzene rings is 2. The molecule has 1 fully saturated rings. The fourth-order valence-corrected chi connectivity index (χ4v) is 5.41. The Morgan fingerprint density at radius 3 is 1.29 bits per heavy atom. The maximum Gasteiger partial charge on any atom is 0.243 e. The summed E-state index contributed by atoms with van der Waals surface area (Å²) < 4.78 is 1.95. The summed E-state index contributed by atoms with van der Waals surface area (Å²) in [7, 11) is 0. The van der Waals surface area contributed by atoms with Gasteiger partial charge in [-0.2, -0.15) is 0 Å². The van der Waals surface area contributed by atoms with Crippen LogP contribution in [0.3, 0.4) is 0 Å². The van der Waals surface area contributed by atoms with Gasteiger partial charge in [0.1, 0.15) is 12.1 Å². The van der Waals surface area contributed by atoms with Crippen molar-refractivity contribution in [2.75, 3.05) is 16.5 Å². The van der Waals surface area contributed by atoms with Crippen molar-refractivity contribution in [2.45, 2.75) is 41.5 Å². The second-order valence-corrected chi connectivity index (χ2v) is 9.84. The van der Waals surface area contributed by atoms with Gasteiger partial charge < -0.3 is 0 Å². The zero-order valence-corrected chi connectivity index (χ0v) is 20.2. The van der Waals surface area contributed by atoms with E-state index in [2.05, 4.69) is 31.9 Å². The van der Waals surface area contributed by atoms with Crippen molar-refractivity contribution in [1.29, 1.82) is 0 Å². The minimum Gasteiger partial charge on any atom is -0.292 e. The van der Waals surface area contributed by atoms with Crippen LogP contribution in [0.4, 0.5) is 11.4 Å². The van der Waals surface area contributed by atoms with Crippen molar-refractivity contribution in [3.05, 3.63) is 55.5 Å². The molecule has 0 aliphatic carbocycles. The molecule has 0 bridgehead atoms. The molecule has 0 unspecified atom stereocenters. The van der Waals surface area contributed by atoms with E-state index in [-0.39, 0.29) is 18.5 Å². The molecule has 1 heterocycles. The van der Waals surface area contributed by atoms with Gasteiger partial charge in [0.2, 0.25) is 11.8 Å². The van der Waals surface area contributed by atoms with Crippen LogP contribution >= 0.6 is 31.9 Å². The van der Waals surface area contributed by atoms with E-state index in [1.165, 1.54) is 0 Å². The number of hydrogen-bond acceptors (Lipinski definition) is 2. The van der Waals surface area contributed by atoms with Crippen molar-refractivity contribution < 1.29 is 9.59 Å². The quantitative estimate of drug-likeness (QED) is 0.481. The third-order valence-electron chi connectivity index (χ3n) is 5.29. The van der Waals surface area contributed by atoms with E-state index in [1.807, 2.05) is 52.0 Å². The first-order chi connectivity index (χ1) is 12.9. The Labute approximate surface area is 183 Å². The van der Waals surface area contributed by atoms with Gasteiger partial charge in [-0.05, 0) is 88.1 Å². The Balaban J connectivity index is 2.18. The van der Waals surface area contributed by atoms with Crippen LogP contribution in [0, 0.1) is 33.1 Å². The maximum atomic E-state index is 13.3. The van der Waals surface area contributed by atoms with Crippen LogP contribution < -0.4 is 9.80 Å². The summed E-state index contributed by atoms with van der Waals surface area (Å²) in [6.45, 7) is 11.6. The van der Waals surface area contributed by atoms with E-state index >= 15 is 0 Å². The summed E-state index contributed by atoms with van der Waals surface area (Å²) in [5, 5.41) is 0. The molecule has 1 aliphatic rings. The molecule has 0 N–H and O–H groups in total. The summed E-state index contributed by atoms with van der Waals surface area (Å²) in [6, 6.07) is 8.00. The molecule has 28 heavy (non-hydrogen) atoms. The minimum absolute atomic E-state index is 0.172. The van der Waals surface area contributed by atoms with E-state index in [1.54, 1.807) is 23.6 Å². The molecule has 0 aromatic heterocycles. The molecule has 1 aliphatic heterocycles. The number of hydrogen-bond donors (Lipinski definition) is 0. The van der Waals surface area contributed by atoms with Gasteiger partial charge in [0, 0.05) is 8.95 Å². The van der Waals surface area contributed by atoms with E-state index in [9.17, 15) is 9.59 Å². The van der Waals surface area contributed by atoms with Crippen LogP contribution in [0.25, 0.3) is 0 Å². The average Bonchev–Trinajstić information content (AvgIpc) is 2.55. The zero-order valence-electron chi connectivity index (χ0n) is 17.0. The van der Waals surface area contributed by atoms with Crippen LogP contribution in [0.15, 0.2) is 33.2 Å². The van der Waals surface area contributed by atoms with Gasteiger partial charge in [0.25, 0.3) is 0 Å². The lowest BCUT2D eigenvalue weighted by Crippen LogP contribution is -2.61. The van der Waals surface area contributed by atoms with Crippen molar-refractivity contribution in [1.82, 2.24) is 0 Å². The van der Waals surface area contributed by atoms with Gasteiger partial charge in [-0.1, -0.05) is 31.9 Å².